The van der Waals surface area contributed by atoms with Crippen molar-refractivity contribution >= 4 is 16.9 Å². The van der Waals surface area contributed by atoms with Crippen molar-refractivity contribution in [2.24, 2.45) is 0 Å². The molecule has 2 aromatic heterocycles. The first-order valence-electron chi connectivity index (χ1n) is 11.1. The number of aromatic nitrogens is 4. The van der Waals surface area contributed by atoms with Crippen LogP contribution in [0.15, 0.2) is 59.4 Å². The summed E-state index contributed by atoms with van der Waals surface area (Å²) >= 11 is 0. The third kappa shape index (κ3) is 4.50. The number of H-pyrrole nitrogens is 2. The second kappa shape index (κ2) is 8.90. The van der Waals surface area contributed by atoms with Crippen LogP contribution in [0.4, 0.5) is 0 Å². The first-order valence-corrected chi connectivity index (χ1v) is 11.1. The van der Waals surface area contributed by atoms with E-state index < -0.39 is 0 Å². The fourth-order valence-electron chi connectivity index (χ4n) is 4.32. The highest BCUT2D eigenvalue weighted by Crippen LogP contribution is 2.28. The molecule has 1 saturated heterocycles. The summed E-state index contributed by atoms with van der Waals surface area (Å²) in [4.78, 5) is 42.4. The first-order chi connectivity index (χ1) is 16.1. The standard InChI is InChI=1S/C25H25N5O3/c1-33-18-8-6-16(7-9-18)14-22-26-21(15-23(31)29-22)25(32)30-12-10-17(11-13-30)24-27-19-4-2-3-5-20(19)28-24/h2-9,15,17H,10-14H2,1H3,(H,27,28)(H,26,29,31). The Bertz CT molecular complexity index is 1300. The van der Waals surface area contributed by atoms with Gasteiger partial charge >= 0.3 is 0 Å². The highest BCUT2D eigenvalue weighted by Gasteiger charge is 2.27. The van der Waals surface area contributed by atoms with E-state index in [4.69, 9.17) is 9.72 Å². The van der Waals surface area contributed by atoms with Gasteiger partial charge in [-0.05, 0) is 42.7 Å². The molecule has 0 aliphatic carbocycles. The van der Waals surface area contributed by atoms with E-state index in [1.807, 2.05) is 48.5 Å². The average molecular weight is 444 g/mol. The summed E-state index contributed by atoms with van der Waals surface area (Å²) in [5.74, 6) is 2.27. The summed E-state index contributed by atoms with van der Waals surface area (Å²) in [6, 6.07) is 16.8. The van der Waals surface area contributed by atoms with E-state index in [1.165, 1.54) is 6.07 Å². The van der Waals surface area contributed by atoms with Crippen molar-refractivity contribution in [1.29, 1.82) is 0 Å². The van der Waals surface area contributed by atoms with Crippen molar-refractivity contribution in [2.45, 2.75) is 25.2 Å². The zero-order chi connectivity index (χ0) is 22.8. The van der Waals surface area contributed by atoms with E-state index in [2.05, 4.69) is 15.0 Å². The molecule has 1 aliphatic rings. The zero-order valence-electron chi connectivity index (χ0n) is 18.4. The van der Waals surface area contributed by atoms with Crippen molar-refractivity contribution in [1.82, 2.24) is 24.8 Å². The van der Waals surface area contributed by atoms with Crippen LogP contribution in [0.5, 0.6) is 5.75 Å². The number of aromatic amines is 2. The number of rotatable bonds is 5. The first kappa shape index (κ1) is 20.9. The minimum Gasteiger partial charge on any atom is -0.497 e. The van der Waals surface area contributed by atoms with Crippen molar-refractivity contribution in [3.8, 4) is 5.75 Å². The number of hydrogen-bond donors (Lipinski definition) is 2. The van der Waals surface area contributed by atoms with Gasteiger partial charge in [-0.3, -0.25) is 9.59 Å². The lowest BCUT2D eigenvalue weighted by atomic mass is 9.96. The smallest absolute Gasteiger partial charge is 0.272 e. The molecule has 33 heavy (non-hydrogen) atoms. The number of ether oxygens (including phenoxy) is 1. The number of carbonyl (C=O) groups is 1. The second-order valence-corrected chi connectivity index (χ2v) is 8.31. The van der Waals surface area contributed by atoms with Crippen LogP contribution in [-0.4, -0.2) is 50.9 Å². The fourth-order valence-corrected chi connectivity index (χ4v) is 4.32. The largest absolute Gasteiger partial charge is 0.497 e. The molecule has 2 aromatic carbocycles. The number of amides is 1. The number of likely N-dealkylation sites (tertiary alicyclic amines) is 1. The Morgan fingerprint density at radius 3 is 2.55 bits per heavy atom. The monoisotopic (exact) mass is 443 g/mol. The van der Waals surface area contributed by atoms with Gasteiger partial charge < -0.3 is 19.6 Å². The van der Waals surface area contributed by atoms with E-state index in [9.17, 15) is 9.59 Å². The molecule has 168 valence electrons. The van der Waals surface area contributed by atoms with Crippen molar-refractivity contribution in [3.63, 3.8) is 0 Å². The number of para-hydroxylation sites is 2. The van der Waals surface area contributed by atoms with E-state index >= 15 is 0 Å². The number of fused-ring (bicyclic) bond motifs is 1. The predicted octanol–water partition coefficient (Wildman–Crippen LogP) is 3.27. The van der Waals surface area contributed by atoms with Gasteiger partial charge in [0.1, 0.15) is 23.1 Å². The summed E-state index contributed by atoms with van der Waals surface area (Å²) in [6.45, 7) is 1.20. The van der Waals surface area contributed by atoms with Crippen LogP contribution in [0, 0.1) is 0 Å². The maximum absolute atomic E-state index is 13.1. The minimum atomic E-state index is -0.325. The van der Waals surface area contributed by atoms with E-state index in [0.717, 1.165) is 41.0 Å². The molecule has 2 N–H and O–H groups in total. The van der Waals surface area contributed by atoms with Gasteiger partial charge in [-0.1, -0.05) is 24.3 Å². The third-order valence-electron chi connectivity index (χ3n) is 6.12. The zero-order valence-corrected chi connectivity index (χ0v) is 18.4. The lowest BCUT2D eigenvalue weighted by Gasteiger charge is -2.31. The number of carbonyl (C=O) groups excluding carboxylic acids is 1. The Balaban J connectivity index is 1.27. The summed E-state index contributed by atoms with van der Waals surface area (Å²) in [6.07, 6.45) is 2.05. The van der Waals surface area contributed by atoms with Gasteiger partial charge in [-0.25, -0.2) is 9.97 Å². The van der Waals surface area contributed by atoms with Crippen molar-refractivity contribution in [3.05, 3.63) is 87.9 Å². The normalized spacial score (nSPS) is 14.5. The molecule has 1 aliphatic heterocycles. The van der Waals surface area contributed by atoms with Gasteiger partial charge in [0, 0.05) is 31.5 Å². The van der Waals surface area contributed by atoms with Crippen LogP contribution in [0.3, 0.4) is 0 Å². The molecule has 3 heterocycles. The molecule has 0 saturated carbocycles. The Labute approximate surface area is 190 Å². The predicted molar refractivity (Wildman–Crippen MR) is 125 cm³/mol. The van der Waals surface area contributed by atoms with Gasteiger partial charge in [-0.2, -0.15) is 0 Å². The van der Waals surface area contributed by atoms with Crippen LogP contribution >= 0.6 is 0 Å². The molecule has 0 radical (unpaired) electrons. The molecule has 5 rings (SSSR count). The molecular weight excluding hydrogens is 418 g/mol. The second-order valence-electron chi connectivity index (χ2n) is 8.31. The van der Waals surface area contributed by atoms with Gasteiger partial charge in [0.25, 0.3) is 11.5 Å². The van der Waals surface area contributed by atoms with Gasteiger partial charge in [0.05, 0.1) is 18.1 Å². The maximum atomic E-state index is 13.1. The Hall–Kier alpha value is -3.94. The molecular formula is C25H25N5O3. The number of hydrogen-bond acceptors (Lipinski definition) is 5. The quantitative estimate of drug-likeness (QED) is 0.493. The highest BCUT2D eigenvalue weighted by molar-refractivity contribution is 5.92. The Kier molecular flexibility index (Phi) is 5.64. The minimum absolute atomic E-state index is 0.185. The van der Waals surface area contributed by atoms with Crippen LogP contribution < -0.4 is 10.3 Å². The summed E-state index contributed by atoms with van der Waals surface area (Å²) in [5.41, 5.74) is 2.82. The lowest BCUT2D eigenvalue weighted by Crippen LogP contribution is -2.39. The van der Waals surface area contributed by atoms with E-state index in [0.29, 0.717) is 25.3 Å². The number of piperidine rings is 1. The summed E-state index contributed by atoms with van der Waals surface area (Å²) < 4.78 is 5.18. The number of benzene rings is 2. The molecule has 4 aromatic rings. The van der Waals surface area contributed by atoms with Gasteiger partial charge in [0.15, 0.2) is 0 Å². The average Bonchev–Trinajstić information content (AvgIpc) is 3.28. The van der Waals surface area contributed by atoms with Crippen LogP contribution in [-0.2, 0) is 6.42 Å². The summed E-state index contributed by atoms with van der Waals surface area (Å²) in [7, 11) is 1.61. The maximum Gasteiger partial charge on any atom is 0.272 e. The third-order valence-corrected chi connectivity index (χ3v) is 6.12. The van der Waals surface area contributed by atoms with Gasteiger partial charge in [-0.15, -0.1) is 0 Å². The topological polar surface area (TPSA) is 104 Å². The molecule has 1 amide bonds. The van der Waals surface area contributed by atoms with Crippen molar-refractivity contribution in [2.75, 3.05) is 20.2 Å². The number of nitrogens with one attached hydrogen (secondary N) is 2. The summed E-state index contributed by atoms with van der Waals surface area (Å²) in [5, 5.41) is 0. The van der Waals surface area contributed by atoms with Gasteiger partial charge in [0.2, 0.25) is 0 Å². The molecule has 1 fully saturated rings. The fraction of sp³-hybridized carbons (Fsp3) is 0.280. The molecule has 0 bridgehead atoms. The molecule has 8 nitrogen and oxygen atoms in total. The van der Waals surface area contributed by atoms with Crippen LogP contribution in [0.2, 0.25) is 0 Å². The lowest BCUT2D eigenvalue weighted by molar-refractivity contribution is 0.0704. The SMILES string of the molecule is COc1ccc(Cc2nc(C(=O)N3CCC(c4nc5ccccc5[nH]4)CC3)cc(=O)[nH]2)cc1. The molecule has 0 unspecified atom stereocenters. The van der Waals surface area contributed by atoms with Crippen molar-refractivity contribution < 1.29 is 9.53 Å². The van der Waals surface area contributed by atoms with E-state index in [-0.39, 0.29) is 23.1 Å². The number of imidazole rings is 1. The number of methoxy groups -OCH3 is 1. The van der Waals surface area contributed by atoms with Crippen LogP contribution in [0.1, 0.15) is 46.5 Å². The Morgan fingerprint density at radius 1 is 1.06 bits per heavy atom. The highest BCUT2D eigenvalue weighted by atomic mass is 16.5. The molecule has 0 spiro atoms. The molecule has 8 heteroatoms. The van der Waals surface area contributed by atoms with Crippen LogP contribution in [0.25, 0.3) is 11.0 Å². The Morgan fingerprint density at radius 2 is 1.82 bits per heavy atom. The molecule has 0 atom stereocenters. The number of nitrogens with zero attached hydrogens (tertiary/aromatic N) is 3. The van der Waals surface area contributed by atoms with E-state index in [1.54, 1.807) is 12.0 Å².